The van der Waals surface area contributed by atoms with Gasteiger partial charge in [0.2, 0.25) is 0 Å². The van der Waals surface area contributed by atoms with E-state index in [0.717, 1.165) is 20.8 Å². The second-order valence-corrected chi connectivity index (χ2v) is 15.5. The smallest absolute Gasteiger partial charge is 0.303 e. The first-order valence-corrected chi connectivity index (χ1v) is 18.2. The number of fused-ring (bicyclic) bond motifs is 4. The van der Waals surface area contributed by atoms with Crippen molar-refractivity contribution in [2.75, 3.05) is 19.8 Å². The number of hydrogen-bond acceptors (Lipinski definition) is 20. The Morgan fingerprint density at radius 1 is 0.491 bits per heavy atom. The van der Waals surface area contributed by atoms with E-state index in [0.29, 0.717) is 0 Å². The minimum atomic E-state index is -1.49. The van der Waals surface area contributed by atoms with Gasteiger partial charge in [0, 0.05) is 27.7 Å². The molecule has 0 aliphatic carbocycles. The first kappa shape index (κ1) is 42.0. The van der Waals surface area contributed by atoms with Crippen LogP contribution in [0.15, 0.2) is 0 Å². The molecular weight excluding hydrogens is 740 g/mol. The standard InChI is InChI=1S/C35H52O20/c1-14(36)41-11-18-22(44-15(2)37)26(45-16(3)38)28(46-17(4)39)31(48-18)43-13-19-23-25(52-33(5,6)50-23)21(40)30(47-19)42-12-20-24-27(53-34(7,8)51-24)29-32(49-20)55-35(9,10)54-29/h18-32,40H,11-13H2,1-10H3/t18-,19-,20-,21-,22+,23+,24+,25-,26+,27+,28-,29-,30-,31-,32-/m1/s1. The van der Waals surface area contributed by atoms with Gasteiger partial charge in [-0.25, -0.2) is 0 Å². The van der Waals surface area contributed by atoms with E-state index in [1.165, 1.54) is 6.92 Å². The summed E-state index contributed by atoms with van der Waals surface area (Å²) in [4.78, 5) is 48.5. The molecule has 0 saturated carbocycles. The second kappa shape index (κ2) is 16.0. The van der Waals surface area contributed by atoms with Crippen LogP contribution in [-0.4, -0.2) is 158 Å². The van der Waals surface area contributed by atoms with E-state index in [-0.39, 0.29) is 13.2 Å². The van der Waals surface area contributed by atoms with E-state index in [4.69, 9.17) is 71.1 Å². The molecule has 6 fully saturated rings. The zero-order chi connectivity index (χ0) is 40.2. The van der Waals surface area contributed by atoms with Crippen LogP contribution in [0.1, 0.15) is 69.2 Å². The molecule has 0 unspecified atom stereocenters. The van der Waals surface area contributed by atoms with Crippen LogP contribution in [0.25, 0.3) is 0 Å². The summed E-state index contributed by atoms with van der Waals surface area (Å²) < 4.78 is 89.3. The van der Waals surface area contributed by atoms with Crippen LogP contribution in [0.2, 0.25) is 0 Å². The lowest BCUT2D eigenvalue weighted by atomic mass is 9.97. The van der Waals surface area contributed by atoms with Gasteiger partial charge in [-0.2, -0.15) is 0 Å². The highest BCUT2D eigenvalue weighted by Crippen LogP contribution is 2.45. The summed E-state index contributed by atoms with van der Waals surface area (Å²) in [6.45, 7) is 14.0. The third-order valence-electron chi connectivity index (χ3n) is 9.50. The molecule has 6 aliphatic heterocycles. The lowest BCUT2D eigenvalue weighted by Gasteiger charge is -2.45. The molecule has 1 N–H and O–H groups in total. The molecule has 312 valence electrons. The number of carbonyl (C=O) groups excluding carboxylic acids is 4. The Morgan fingerprint density at radius 3 is 1.55 bits per heavy atom. The minimum Gasteiger partial charge on any atom is -0.463 e. The molecule has 0 amide bonds. The fourth-order valence-electron chi connectivity index (χ4n) is 7.66. The Hall–Kier alpha value is -2.60. The molecule has 20 nitrogen and oxygen atoms in total. The fraction of sp³-hybridized carbons (Fsp3) is 0.886. The highest BCUT2D eigenvalue weighted by molar-refractivity contribution is 5.68. The van der Waals surface area contributed by atoms with Crippen LogP contribution in [0.4, 0.5) is 0 Å². The van der Waals surface area contributed by atoms with Crippen molar-refractivity contribution < 1.29 is 95.3 Å². The molecule has 6 saturated heterocycles. The molecule has 15 atom stereocenters. The van der Waals surface area contributed by atoms with Gasteiger partial charge in [-0.3, -0.25) is 19.2 Å². The van der Waals surface area contributed by atoms with Crippen LogP contribution < -0.4 is 0 Å². The molecule has 55 heavy (non-hydrogen) atoms. The van der Waals surface area contributed by atoms with E-state index in [9.17, 15) is 24.3 Å². The van der Waals surface area contributed by atoms with Crippen molar-refractivity contribution in [3.05, 3.63) is 0 Å². The highest BCUT2D eigenvalue weighted by Gasteiger charge is 2.62. The molecule has 0 aromatic heterocycles. The molecule has 6 heterocycles. The van der Waals surface area contributed by atoms with Crippen LogP contribution in [-0.2, 0) is 90.2 Å². The van der Waals surface area contributed by atoms with Gasteiger partial charge in [0.05, 0.1) is 13.2 Å². The average Bonchev–Trinajstić information content (AvgIpc) is 3.68. The van der Waals surface area contributed by atoms with Crippen molar-refractivity contribution in [3.63, 3.8) is 0 Å². The van der Waals surface area contributed by atoms with Gasteiger partial charge in [-0.05, 0) is 41.5 Å². The van der Waals surface area contributed by atoms with E-state index >= 15 is 0 Å². The monoisotopic (exact) mass is 792 g/mol. The summed E-state index contributed by atoms with van der Waals surface area (Å²) in [7, 11) is 0. The molecule has 0 bridgehead atoms. The van der Waals surface area contributed by atoms with Crippen molar-refractivity contribution in [3.8, 4) is 0 Å². The highest BCUT2D eigenvalue weighted by atomic mass is 16.9. The molecule has 6 aliphatic rings. The van der Waals surface area contributed by atoms with Gasteiger partial charge in [-0.15, -0.1) is 0 Å². The predicted octanol–water partition coefficient (Wildman–Crippen LogP) is 0.105. The first-order valence-electron chi connectivity index (χ1n) is 18.2. The summed E-state index contributed by atoms with van der Waals surface area (Å²) in [5, 5.41) is 11.5. The molecule has 6 rings (SSSR count). The third-order valence-corrected chi connectivity index (χ3v) is 9.50. The van der Waals surface area contributed by atoms with E-state index in [1.807, 2.05) is 0 Å². The minimum absolute atomic E-state index is 0.135. The SMILES string of the molecule is CC(=O)OC[C@H]1O[C@@H](OC[C@H]2O[C@@H](OC[C@H]3O[C@@H]4OC(C)(C)O[C@@H]4[C@H]4OC(C)(C)O[C@H]43)[C@H](O)[C@H]3OC(C)(C)O[C@H]32)[C@H](OC(C)=O)[C@@H](OC(C)=O)[C@H]1OC(C)=O. The average molecular weight is 793 g/mol. The zero-order valence-electron chi connectivity index (χ0n) is 32.5. The van der Waals surface area contributed by atoms with Gasteiger partial charge in [0.1, 0.15) is 61.5 Å². The van der Waals surface area contributed by atoms with Crippen molar-refractivity contribution >= 4 is 23.9 Å². The number of esters is 4. The molecular formula is C35H52O20. The fourth-order valence-corrected chi connectivity index (χ4v) is 7.66. The summed E-state index contributed by atoms with van der Waals surface area (Å²) in [5.74, 6) is -6.06. The third kappa shape index (κ3) is 9.58. The summed E-state index contributed by atoms with van der Waals surface area (Å²) in [6, 6.07) is 0. The lowest BCUT2D eigenvalue weighted by Crippen LogP contribution is -2.64. The second-order valence-electron chi connectivity index (χ2n) is 15.5. The Labute approximate surface area is 317 Å². The predicted molar refractivity (Wildman–Crippen MR) is 175 cm³/mol. The topological polar surface area (TPSA) is 227 Å². The maximum Gasteiger partial charge on any atom is 0.303 e. The van der Waals surface area contributed by atoms with Crippen LogP contribution >= 0.6 is 0 Å². The molecule has 0 spiro atoms. The maximum absolute atomic E-state index is 12.3. The Bertz CT molecular complexity index is 1430. The van der Waals surface area contributed by atoms with Crippen molar-refractivity contribution in [2.45, 2.75) is 179 Å². The summed E-state index contributed by atoms with van der Waals surface area (Å²) in [6.07, 6.45) is -15.8. The van der Waals surface area contributed by atoms with E-state index in [2.05, 4.69) is 0 Å². The Kier molecular flexibility index (Phi) is 12.2. The Balaban J connectivity index is 1.21. The Morgan fingerprint density at radius 2 is 0.945 bits per heavy atom. The zero-order valence-corrected chi connectivity index (χ0v) is 32.5. The van der Waals surface area contributed by atoms with E-state index in [1.54, 1.807) is 41.5 Å². The van der Waals surface area contributed by atoms with Gasteiger partial charge in [-0.1, -0.05) is 0 Å². The number of rotatable bonds is 11. The number of aliphatic hydroxyl groups excluding tert-OH is 1. The van der Waals surface area contributed by atoms with Gasteiger partial charge >= 0.3 is 23.9 Å². The summed E-state index contributed by atoms with van der Waals surface area (Å²) in [5.41, 5.74) is 0. The van der Waals surface area contributed by atoms with Crippen molar-refractivity contribution in [1.29, 1.82) is 0 Å². The van der Waals surface area contributed by atoms with E-state index < -0.39 is 140 Å². The molecule has 0 aromatic carbocycles. The number of ether oxygens (including phenoxy) is 15. The van der Waals surface area contributed by atoms with Gasteiger partial charge in [0.25, 0.3) is 0 Å². The molecule has 0 aromatic rings. The van der Waals surface area contributed by atoms with Gasteiger partial charge in [0.15, 0.2) is 54.5 Å². The van der Waals surface area contributed by atoms with Crippen LogP contribution in [0.3, 0.4) is 0 Å². The van der Waals surface area contributed by atoms with Gasteiger partial charge < -0.3 is 76.2 Å². The summed E-state index contributed by atoms with van der Waals surface area (Å²) >= 11 is 0. The molecule has 20 heteroatoms. The maximum atomic E-state index is 12.3. The van der Waals surface area contributed by atoms with Crippen LogP contribution in [0, 0.1) is 0 Å². The quantitative estimate of drug-likeness (QED) is 0.216. The number of aliphatic hydroxyl groups is 1. The van der Waals surface area contributed by atoms with Crippen molar-refractivity contribution in [1.82, 2.24) is 0 Å². The largest absolute Gasteiger partial charge is 0.463 e. The first-order chi connectivity index (χ1) is 25.6. The van der Waals surface area contributed by atoms with Crippen molar-refractivity contribution in [2.24, 2.45) is 0 Å². The lowest BCUT2D eigenvalue weighted by molar-refractivity contribution is -0.330. The van der Waals surface area contributed by atoms with Crippen LogP contribution in [0.5, 0.6) is 0 Å². The number of carbonyl (C=O) groups is 4. The normalized spacial score (nSPS) is 42.3. The molecule has 0 radical (unpaired) electrons. The number of hydrogen-bond donors (Lipinski definition) is 1.